The molecule has 0 amide bonds. The number of hydrogen-bond donors (Lipinski definition) is 0. The number of ether oxygens (including phenoxy) is 1. The monoisotopic (exact) mass is 493 g/mol. The van der Waals surface area contributed by atoms with E-state index >= 15 is 0 Å². The van der Waals surface area contributed by atoms with E-state index in [1.54, 1.807) is 0 Å². The quantitative estimate of drug-likeness (QED) is 0.418. The Kier molecular flexibility index (Phi) is 5.65. The molecule has 4 saturated carbocycles. The summed E-state index contributed by atoms with van der Waals surface area (Å²) in [7, 11) is 1.83. The zero-order valence-electron chi connectivity index (χ0n) is 23.9. The van der Waals surface area contributed by atoms with E-state index in [0.717, 1.165) is 45.1 Å². The second-order valence-corrected chi connectivity index (χ2v) is 15.5. The minimum Gasteiger partial charge on any atom is -0.384 e. The first-order valence-electron chi connectivity index (χ1n) is 14.3. The average Bonchev–Trinajstić information content (AvgIpc) is 2.79. The van der Waals surface area contributed by atoms with Crippen molar-refractivity contribution in [3.8, 4) is 6.07 Å². The Labute approximate surface area is 218 Å². The van der Waals surface area contributed by atoms with Crippen LogP contribution in [0.25, 0.3) is 0 Å². The number of Topliss-reactive ketones (excluding diaryl/α,β-unsaturated/α-hetero) is 2. The summed E-state index contributed by atoms with van der Waals surface area (Å²) in [6.45, 7) is 16.8. The molecule has 5 aliphatic carbocycles. The van der Waals surface area contributed by atoms with Crippen molar-refractivity contribution < 1.29 is 14.3 Å². The smallest absolute Gasteiger partial charge is 0.178 e. The van der Waals surface area contributed by atoms with Gasteiger partial charge in [-0.05, 0) is 89.8 Å². The molecular weight excluding hydrogens is 446 g/mol. The molecule has 4 nitrogen and oxygen atoms in total. The van der Waals surface area contributed by atoms with Crippen molar-refractivity contribution in [2.45, 2.75) is 99.8 Å². The average molecular weight is 494 g/mol. The predicted molar refractivity (Wildman–Crippen MR) is 141 cm³/mol. The molecule has 0 aliphatic heterocycles. The molecule has 4 heteroatoms. The van der Waals surface area contributed by atoms with Gasteiger partial charge >= 0.3 is 0 Å². The molecule has 0 aromatic carbocycles. The van der Waals surface area contributed by atoms with E-state index in [-0.39, 0.29) is 50.6 Å². The van der Waals surface area contributed by atoms with E-state index in [1.807, 2.05) is 27.0 Å². The van der Waals surface area contributed by atoms with E-state index in [4.69, 9.17) is 4.74 Å². The van der Waals surface area contributed by atoms with E-state index in [2.05, 4.69) is 40.7 Å². The van der Waals surface area contributed by atoms with E-state index in [0.29, 0.717) is 23.7 Å². The number of carbonyl (C=O) groups is 2. The Bertz CT molecular complexity index is 1060. The van der Waals surface area contributed by atoms with Crippen LogP contribution in [0.3, 0.4) is 0 Å². The number of carbonyl (C=O) groups excluding carboxylic acids is 2. The molecule has 0 aromatic heterocycles. The Hall–Kier alpha value is -1.47. The fraction of sp³-hybridized carbons (Fsp3) is 0.844. The molecule has 8 atom stereocenters. The highest BCUT2D eigenvalue weighted by Gasteiger charge is 2.72. The second kappa shape index (κ2) is 7.78. The molecule has 0 N–H and O–H groups in total. The molecule has 5 rings (SSSR count). The van der Waals surface area contributed by atoms with Crippen LogP contribution in [0.2, 0.25) is 0 Å². The summed E-state index contributed by atoms with van der Waals surface area (Å²) in [6.07, 6.45) is 10.3. The normalized spacial score (nSPS) is 49.0. The van der Waals surface area contributed by atoms with Crippen LogP contribution in [0.15, 0.2) is 11.6 Å². The van der Waals surface area contributed by atoms with Crippen molar-refractivity contribution in [1.82, 2.24) is 0 Å². The van der Waals surface area contributed by atoms with E-state index in [9.17, 15) is 14.9 Å². The summed E-state index contributed by atoms with van der Waals surface area (Å²) >= 11 is 0. The highest BCUT2D eigenvalue weighted by molar-refractivity contribution is 6.04. The molecule has 5 aliphatic rings. The van der Waals surface area contributed by atoms with Crippen molar-refractivity contribution in [2.75, 3.05) is 13.7 Å². The highest BCUT2D eigenvalue weighted by Crippen LogP contribution is 2.75. The van der Waals surface area contributed by atoms with Crippen molar-refractivity contribution in [1.29, 1.82) is 5.26 Å². The lowest BCUT2D eigenvalue weighted by molar-refractivity contribution is -0.227. The number of nitrogens with zero attached hydrogens (tertiary/aromatic N) is 1. The van der Waals surface area contributed by atoms with Crippen LogP contribution in [0.5, 0.6) is 0 Å². The van der Waals surface area contributed by atoms with Gasteiger partial charge in [-0.1, -0.05) is 54.5 Å². The van der Waals surface area contributed by atoms with Crippen LogP contribution < -0.4 is 0 Å². The molecule has 0 bridgehead atoms. The number of hydrogen-bond acceptors (Lipinski definition) is 4. The van der Waals surface area contributed by atoms with Gasteiger partial charge in [0.25, 0.3) is 0 Å². The molecule has 0 spiro atoms. The topological polar surface area (TPSA) is 67.2 Å². The molecule has 0 radical (unpaired) electrons. The maximum absolute atomic E-state index is 14.4. The molecule has 0 aromatic rings. The first-order valence-corrected chi connectivity index (χ1v) is 14.3. The molecule has 4 fully saturated rings. The lowest BCUT2D eigenvalue weighted by Gasteiger charge is -2.72. The minimum absolute atomic E-state index is 0.00875. The predicted octanol–water partition coefficient (Wildman–Crippen LogP) is 6.93. The third kappa shape index (κ3) is 3.14. The van der Waals surface area contributed by atoms with Gasteiger partial charge in [-0.3, -0.25) is 9.59 Å². The van der Waals surface area contributed by atoms with Gasteiger partial charge in [0, 0.05) is 24.9 Å². The number of methoxy groups -OCH3 is 1. The molecule has 0 unspecified atom stereocenters. The lowest BCUT2D eigenvalue weighted by atomic mass is 9.31. The van der Waals surface area contributed by atoms with Crippen LogP contribution >= 0.6 is 0 Å². The highest BCUT2D eigenvalue weighted by atomic mass is 16.5. The van der Waals surface area contributed by atoms with Crippen LogP contribution in [0, 0.1) is 67.5 Å². The SMILES string of the molecule is COC[C@]12CCC(C)(C)C[C@@H]1[C@H]1C(=O)C[C@@H]3[C@@]4(C)C=C(C#N)C(=O)C(C)(C)[C@@H]4CC[C@@]3(C)[C@]1(C)CC2. The fourth-order valence-electron chi connectivity index (χ4n) is 11.0. The van der Waals surface area contributed by atoms with Crippen LogP contribution in [-0.2, 0) is 14.3 Å². The summed E-state index contributed by atoms with van der Waals surface area (Å²) < 4.78 is 5.85. The first-order chi connectivity index (χ1) is 16.6. The van der Waals surface area contributed by atoms with Crippen molar-refractivity contribution in [3.63, 3.8) is 0 Å². The third-order valence-electron chi connectivity index (χ3n) is 13.1. The Morgan fingerprint density at radius 2 is 1.61 bits per heavy atom. The van der Waals surface area contributed by atoms with Crippen LogP contribution in [-0.4, -0.2) is 25.3 Å². The first kappa shape index (κ1) is 26.1. The van der Waals surface area contributed by atoms with Gasteiger partial charge < -0.3 is 4.74 Å². The van der Waals surface area contributed by atoms with Gasteiger partial charge in [-0.15, -0.1) is 0 Å². The van der Waals surface area contributed by atoms with Crippen molar-refractivity contribution in [2.24, 2.45) is 56.2 Å². The number of allylic oxidation sites excluding steroid dienone is 2. The Balaban J connectivity index is 1.63. The maximum atomic E-state index is 14.4. The number of ketones is 2. The maximum Gasteiger partial charge on any atom is 0.178 e. The second-order valence-electron chi connectivity index (χ2n) is 15.5. The summed E-state index contributed by atoms with van der Waals surface area (Å²) in [5.41, 5.74) is -0.328. The fourth-order valence-corrected chi connectivity index (χ4v) is 11.0. The van der Waals surface area contributed by atoms with Crippen molar-refractivity contribution in [3.05, 3.63) is 11.6 Å². The number of fused-ring (bicyclic) bond motifs is 7. The van der Waals surface area contributed by atoms with Crippen molar-refractivity contribution >= 4 is 11.6 Å². The number of rotatable bonds is 2. The van der Waals surface area contributed by atoms with Gasteiger partial charge in [0.1, 0.15) is 11.9 Å². The Morgan fingerprint density at radius 3 is 2.25 bits per heavy atom. The summed E-state index contributed by atoms with van der Waals surface area (Å²) in [5, 5.41) is 9.89. The lowest BCUT2D eigenvalue weighted by Crippen LogP contribution is -2.69. The Morgan fingerprint density at radius 1 is 0.944 bits per heavy atom. The van der Waals surface area contributed by atoms with E-state index < -0.39 is 5.41 Å². The molecule has 0 heterocycles. The van der Waals surface area contributed by atoms with Gasteiger partial charge in [0.05, 0.1) is 12.2 Å². The standard InChI is InChI=1S/C32H47NO3/c1-27(2)11-13-32(19-36-8)14-12-31(7)25(21(32)17-27)22(34)15-24-29(5)16-20(18-33)26(35)28(3,4)23(29)9-10-30(24,31)6/h16,21,23-25H,9-15,17,19H2,1-8H3/t21-,23+,24-,25+,29+,30-,31-,32-/m1/s1. The molecule has 198 valence electrons. The summed E-state index contributed by atoms with van der Waals surface area (Å²) in [6, 6.07) is 2.23. The summed E-state index contributed by atoms with van der Waals surface area (Å²) in [5.74, 6) is 1.16. The van der Waals surface area contributed by atoms with Gasteiger partial charge in [-0.2, -0.15) is 5.26 Å². The summed E-state index contributed by atoms with van der Waals surface area (Å²) in [4.78, 5) is 27.7. The zero-order chi connectivity index (χ0) is 26.5. The number of nitriles is 1. The van der Waals surface area contributed by atoms with Crippen LogP contribution in [0.1, 0.15) is 99.8 Å². The van der Waals surface area contributed by atoms with Gasteiger partial charge in [-0.25, -0.2) is 0 Å². The molecular formula is C32H47NO3. The van der Waals surface area contributed by atoms with Gasteiger partial charge in [0.15, 0.2) is 5.78 Å². The molecule has 0 saturated heterocycles. The van der Waals surface area contributed by atoms with Gasteiger partial charge in [0.2, 0.25) is 0 Å². The van der Waals surface area contributed by atoms with Crippen LogP contribution in [0.4, 0.5) is 0 Å². The largest absolute Gasteiger partial charge is 0.384 e. The van der Waals surface area contributed by atoms with E-state index in [1.165, 1.54) is 6.42 Å². The zero-order valence-corrected chi connectivity index (χ0v) is 23.9. The molecule has 36 heavy (non-hydrogen) atoms. The third-order valence-corrected chi connectivity index (χ3v) is 13.1. The minimum atomic E-state index is -0.579.